The summed E-state index contributed by atoms with van der Waals surface area (Å²) >= 11 is 3.07. The Morgan fingerprint density at radius 3 is 3.08 bits per heavy atom. The first kappa shape index (κ1) is 17.8. The van der Waals surface area contributed by atoms with Gasteiger partial charge in [-0.15, -0.1) is 10.2 Å². The molecule has 6 nitrogen and oxygen atoms in total. The first-order valence-electron chi connectivity index (χ1n) is 8.00. The number of ether oxygens (including phenoxy) is 1. The van der Waals surface area contributed by atoms with Gasteiger partial charge in [0, 0.05) is 16.7 Å². The summed E-state index contributed by atoms with van der Waals surface area (Å²) in [6, 6.07) is 5.53. The van der Waals surface area contributed by atoms with Gasteiger partial charge in [-0.3, -0.25) is 4.79 Å². The quantitative estimate of drug-likeness (QED) is 0.357. The van der Waals surface area contributed by atoms with E-state index in [1.54, 1.807) is 25.1 Å². The molecule has 0 atom stereocenters. The van der Waals surface area contributed by atoms with Crippen LogP contribution in [0.3, 0.4) is 0 Å². The fourth-order valence-electron chi connectivity index (χ4n) is 2.28. The van der Waals surface area contributed by atoms with Gasteiger partial charge in [-0.25, -0.2) is 0 Å². The van der Waals surface area contributed by atoms with Crippen molar-refractivity contribution in [3.05, 3.63) is 30.0 Å². The van der Waals surface area contributed by atoms with Gasteiger partial charge in [0.2, 0.25) is 11.0 Å². The lowest BCUT2D eigenvalue weighted by Gasteiger charge is -2.01. The van der Waals surface area contributed by atoms with Crippen molar-refractivity contribution in [2.75, 3.05) is 18.2 Å². The van der Waals surface area contributed by atoms with Crippen LogP contribution in [0.15, 0.2) is 33.2 Å². The summed E-state index contributed by atoms with van der Waals surface area (Å²) in [4.78, 5) is 12.3. The highest BCUT2D eigenvalue weighted by molar-refractivity contribution is 8.01. The predicted octanol–water partition coefficient (Wildman–Crippen LogP) is 4.37. The number of hydrogen-bond donors (Lipinski definition) is 1. The number of rotatable bonds is 8. The standard InChI is InChI=1S/C17H19N3O3S2/c1-3-4-7-24-17-20-19-16(25-17)18-15(21)8-11-10-23-14-6-5-12(22-2)9-13(11)14/h5-6,9-10H,3-4,7-8H2,1-2H3,(H,18,19,21). The number of furan rings is 1. The zero-order chi connectivity index (χ0) is 17.6. The summed E-state index contributed by atoms with van der Waals surface area (Å²) in [5, 5.41) is 12.3. The van der Waals surface area contributed by atoms with Crippen LogP contribution in [-0.2, 0) is 11.2 Å². The fourth-order valence-corrected chi connectivity index (χ4v) is 4.21. The minimum absolute atomic E-state index is 0.147. The summed E-state index contributed by atoms with van der Waals surface area (Å²) < 4.78 is 11.6. The maximum Gasteiger partial charge on any atom is 0.230 e. The van der Waals surface area contributed by atoms with Crippen LogP contribution in [0.2, 0.25) is 0 Å². The van der Waals surface area contributed by atoms with Crippen molar-refractivity contribution in [2.45, 2.75) is 30.5 Å². The van der Waals surface area contributed by atoms with Gasteiger partial charge in [-0.2, -0.15) is 0 Å². The molecule has 0 unspecified atom stereocenters. The molecule has 0 aliphatic rings. The molecule has 3 rings (SSSR count). The Bertz CT molecular complexity index is 860. The normalized spacial score (nSPS) is 11.0. The molecular formula is C17H19N3O3S2. The lowest BCUT2D eigenvalue weighted by atomic mass is 10.1. The van der Waals surface area contributed by atoms with Gasteiger partial charge in [-0.05, 0) is 24.6 Å². The van der Waals surface area contributed by atoms with Crippen LogP contribution in [0, 0.1) is 0 Å². The molecule has 132 valence electrons. The summed E-state index contributed by atoms with van der Waals surface area (Å²) in [6.07, 6.45) is 4.11. The van der Waals surface area contributed by atoms with E-state index in [0.717, 1.165) is 45.2 Å². The van der Waals surface area contributed by atoms with Gasteiger partial charge in [0.05, 0.1) is 19.8 Å². The van der Waals surface area contributed by atoms with Gasteiger partial charge in [0.15, 0.2) is 4.34 Å². The third-order valence-corrected chi connectivity index (χ3v) is 5.65. The average molecular weight is 377 g/mol. The van der Waals surface area contributed by atoms with E-state index in [1.807, 2.05) is 18.2 Å². The van der Waals surface area contributed by atoms with E-state index in [-0.39, 0.29) is 12.3 Å². The van der Waals surface area contributed by atoms with Crippen LogP contribution < -0.4 is 10.1 Å². The molecule has 0 radical (unpaired) electrons. The molecule has 1 N–H and O–H groups in total. The second-order valence-electron chi connectivity index (χ2n) is 5.42. The summed E-state index contributed by atoms with van der Waals surface area (Å²) in [5.41, 5.74) is 1.54. The number of nitrogens with one attached hydrogen (secondary N) is 1. The van der Waals surface area contributed by atoms with Crippen molar-refractivity contribution in [1.82, 2.24) is 10.2 Å². The number of amides is 1. The second-order valence-corrected chi connectivity index (χ2v) is 7.74. The van der Waals surface area contributed by atoms with Crippen molar-refractivity contribution in [1.29, 1.82) is 0 Å². The molecule has 2 heterocycles. The van der Waals surface area contributed by atoms with E-state index < -0.39 is 0 Å². The van der Waals surface area contributed by atoms with Crippen molar-refractivity contribution in [3.63, 3.8) is 0 Å². The highest BCUT2D eigenvalue weighted by Crippen LogP contribution is 2.28. The zero-order valence-corrected chi connectivity index (χ0v) is 15.7. The highest BCUT2D eigenvalue weighted by Gasteiger charge is 2.13. The van der Waals surface area contributed by atoms with Crippen LogP contribution in [-0.4, -0.2) is 29.0 Å². The molecule has 0 saturated carbocycles. The third-order valence-electron chi connectivity index (χ3n) is 3.59. The number of benzene rings is 1. The van der Waals surface area contributed by atoms with Crippen LogP contribution >= 0.6 is 23.1 Å². The highest BCUT2D eigenvalue weighted by atomic mass is 32.2. The number of thioether (sulfide) groups is 1. The molecule has 0 spiro atoms. The zero-order valence-electron chi connectivity index (χ0n) is 14.1. The number of carbonyl (C=O) groups is 1. The van der Waals surface area contributed by atoms with Gasteiger partial charge >= 0.3 is 0 Å². The lowest BCUT2D eigenvalue weighted by Crippen LogP contribution is -2.14. The molecule has 2 aromatic heterocycles. The monoisotopic (exact) mass is 377 g/mol. The minimum Gasteiger partial charge on any atom is -0.497 e. The average Bonchev–Trinajstić information content (AvgIpc) is 3.22. The molecule has 1 aromatic carbocycles. The molecule has 0 aliphatic carbocycles. The maximum absolute atomic E-state index is 12.3. The number of nitrogens with zero attached hydrogens (tertiary/aromatic N) is 2. The van der Waals surface area contributed by atoms with E-state index in [0.29, 0.717) is 5.13 Å². The molecule has 0 saturated heterocycles. The number of aromatic nitrogens is 2. The molecular weight excluding hydrogens is 358 g/mol. The Kier molecular flexibility index (Phi) is 5.93. The molecule has 3 aromatic rings. The van der Waals surface area contributed by atoms with E-state index in [1.165, 1.54) is 11.3 Å². The lowest BCUT2D eigenvalue weighted by molar-refractivity contribution is -0.115. The number of fused-ring (bicyclic) bond motifs is 1. The molecule has 8 heteroatoms. The van der Waals surface area contributed by atoms with Crippen LogP contribution in [0.25, 0.3) is 11.0 Å². The van der Waals surface area contributed by atoms with Gasteiger partial charge in [0.1, 0.15) is 11.3 Å². The first-order chi connectivity index (χ1) is 12.2. The number of hydrogen-bond acceptors (Lipinski definition) is 7. The van der Waals surface area contributed by atoms with Crippen molar-refractivity contribution >= 4 is 45.1 Å². The van der Waals surface area contributed by atoms with E-state index in [2.05, 4.69) is 22.4 Å². The predicted molar refractivity (Wildman–Crippen MR) is 101 cm³/mol. The Hall–Kier alpha value is -2.06. The fraction of sp³-hybridized carbons (Fsp3) is 0.353. The number of methoxy groups -OCH3 is 1. The first-order valence-corrected chi connectivity index (χ1v) is 9.80. The number of anilines is 1. The maximum atomic E-state index is 12.3. The number of unbranched alkanes of at least 4 members (excludes halogenated alkanes) is 1. The van der Waals surface area contributed by atoms with Gasteiger partial charge in [0.25, 0.3) is 0 Å². The Morgan fingerprint density at radius 1 is 1.40 bits per heavy atom. The summed E-state index contributed by atoms with van der Waals surface area (Å²) in [7, 11) is 1.61. The minimum atomic E-state index is -0.147. The molecule has 25 heavy (non-hydrogen) atoms. The SMILES string of the molecule is CCCCSc1nnc(NC(=O)Cc2coc3ccc(OC)cc23)s1. The van der Waals surface area contributed by atoms with Gasteiger partial charge in [-0.1, -0.05) is 36.4 Å². The van der Waals surface area contributed by atoms with Crippen molar-refractivity contribution in [3.8, 4) is 5.75 Å². The topological polar surface area (TPSA) is 77.3 Å². The van der Waals surface area contributed by atoms with Crippen LogP contribution in [0.5, 0.6) is 5.75 Å². The third kappa shape index (κ3) is 4.52. The second kappa shape index (κ2) is 8.35. The summed E-state index contributed by atoms with van der Waals surface area (Å²) in [6.45, 7) is 2.15. The van der Waals surface area contributed by atoms with Crippen molar-refractivity contribution in [2.24, 2.45) is 0 Å². The van der Waals surface area contributed by atoms with Crippen LogP contribution in [0.4, 0.5) is 5.13 Å². The Labute approximate surface area is 154 Å². The smallest absolute Gasteiger partial charge is 0.230 e. The largest absolute Gasteiger partial charge is 0.497 e. The van der Waals surface area contributed by atoms with Crippen molar-refractivity contribution < 1.29 is 13.9 Å². The van der Waals surface area contributed by atoms with Gasteiger partial charge < -0.3 is 14.5 Å². The molecule has 0 aliphatic heterocycles. The molecule has 0 fully saturated rings. The van der Waals surface area contributed by atoms with E-state index >= 15 is 0 Å². The Balaban J connectivity index is 1.63. The van der Waals surface area contributed by atoms with E-state index in [4.69, 9.17) is 9.15 Å². The van der Waals surface area contributed by atoms with E-state index in [9.17, 15) is 4.79 Å². The Morgan fingerprint density at radius 2 is 2.28 bits per heavy atom. The number of carbonyl (C=O) groups excluding carboxylic acids is 1. The molecule has 0 bridgehead atoms. The summed E-state index contributed by atoms with van der Waals surface area (Å²) in [5.74, 6) is 1.60. The molecule has 1 amide bonds. The van der Waals surface area contributed by atoms with Crippen LogP contribution in [0.1, 0.15) is 25.3 Å².